The Morgan fingerprint density at radius 1 is 1.42 bits per heavy atom. The highest BCUT2D eigenvalue weighted by atomic mass is 32.2. The van der Waals surface area contributed by atoms with E-state index in [1.54, 1.807) is 11.8 Å². The van der Waals surface area contributed by atoms with Gasteiger partial charge in [-0.2, -0.15) is 24.9 Å². The summed E-state index contributed by atoms with van der Waals surface area (Å²) in [5.41, 5.74) is 5.57. The standard InChI is InChI=1S/C7H12F3NS/c8-7(9,10)3-5-1-2-12-4-6(5)11/h5-6H,1-4,11H2. The van der Waals surface area contributed by atoms with E-state index in [9.17, 15) is 13.2 Å². The van der Waals surface area contributed by atoms with Gasteiger partial charge in [-0.1, -0.05) is 0 Å². The Labute approximate surface area is 73.9 Å². The quantitative estimate of drug-likeness (QED) is 0.699. The zero-order chi connectivity index (χ0) is 9.19. The van der Waals surface area contributed by atoms with Gasteiger partial charge in [0.25, 0.3) is 0 Å². The molecule has 5 heteroatoms. The van der Waals surface area contributed by atoms with Crippen LogP contribution in [-0.4, -0.2) is 23.7 Å². The first-order chi connectivity index (χ1) is 5.49. The molecule has 2 unspecified atom stereocenters. The lowest BCUT2D eigenvalue weighted by Gasteiger charge is -2.28. The second kappa shape index (κ2) is 3.87. The molecule has 0 aromatic rings. The van der Waals surface area contributed by atoms with E-state index in [0.29, 0.717) is 12.2 Å². The first-order valence-electron chi connectivity index (χ1n) is 3.89. The van der Waals surface area contributed by atoms with Gasteiger partial charge in [-0.05, 0) is 18.1 Å². The number of hydrogen-bond donors (Lipinski definition) is 1. The molecule has 0 aromatic heterocycles. The van der Waals surface area contributed by atoms with Gasteiger partial charge in [0.15, 0.2) is 0 Å². The Hall–Kier alpha value is 0.100. The predicted molar refractivity (Wildman–Crippen MR) is 44.1 cm³/mol. The van der Waals surface area contributed by atoms with Crippen molar-refractivity contribution in [3.05, 3.63) is 0 Å². The number of alkyl halides is 3. The monoisotopic (exact) mass is 199 g/mol. The van der Waals surface area contributed by atoms with Crippen LogP contribution in [0.1, 0.15) is 12.8 Å². The summed E-state index contributed by atoms with van der Waals surface area (Å²) in [5.74, 6) is 1.13. The highest BCUT2D eigenvalue weighted by Gasteiger charge is 2.35. The van der Waals surface area contributed by atoms with Crippen molar-refractivity contribution in [3.63, 3.8) is 0 Å². The van der Waals surface area contributed by atoms with Gasteiger partial charge in [0, 0.05) is 18.2 Å². The minimum atomic E-state index is -4.05. The van der Waals surface area contributed by atoms with Gasteiger partial charge in [0.05, 0.1) is 0 Å². The molecule has 0 amide bonds. The maximum absolute atomic E-state index is 12.0. The van der Waals surface area contributed by atoms with Gasteiger partial charge in [0.2, 0.25) is 0 Å². The second-order valence-electron chi connectivity index (χ2n) is 3.11. The molecule has 2 N–H and O–H groups in total. The van der Waals surface area contributed by atoms with Crippen LogP contribution in [0.15, 0.2) is 0 Å². The minimum absolute atomic E-state index is 0.273. The van der Waals surface area contributed by atoms with Crippen LogP contribution in [0.5, 0.6) is 0 Å². The van der Waals surface area contributed by atoms with Gasteiger partial charge in [-0.3, -0.25) is 0 Å². The molecule has 1 rings (SSSR count). The summed E-state index contributed by atoms with van der Waals surface area (Å²) in [5, 5.41) is 0. The Kier molecular flexibility index (Phi) is 3.29. The van der Waals surface area contributed by atoms with Crippen LogP contribution >= 0.6 is 11.8 Å². The molecule has 1 saturated heterocycles. The van der Waals surface area contributed by atoms with Crippen LogP contribution < -0.4 is 5.73 Å². The molecule has 0 radical (unpaired) electrons. The van der Waals surface area contributed by atoms with Crippen molar-refractivity contribution in [1.29, 1.82) is 0 Å². The first-order valence-corrected chi connectivity index (χ1v) is 5.04. The van der Waals surface area contributed by atoms with E-state index in [1.807, 2.05) is 0 Å². The van der Waals surface area contributed by atoms with Crippen LogP contribution in [-0.2, 0) is 0 Å². The van der Waals surface area contributed by atoms with Crippen molar-refractivity contribution < 1.29 is 13.2 Å². The molecule has 0 aromatic carbocycles. The molecule has 1 nitrogen and oxygen atoms in total. The molecule has 12 heavy (non-hydrogen) atoms. The topological polar surface area (TPSA) is 26.0 Å². The van der Waals surface area contributed by atoms with Crippen LogP contribution in [0.25, 0.3) is 0 Å². The summed E-state index contributed by atoms with van der Waals surface area (Å²) >= 11 is 1.64. The maximum Gasteiger partial charge on any atom is 0.389 e. The lowest BCUT2D eigenvalue weighted by atomic mass is 9.94. The molecule has 72 valence electrons. The third kappa shape index (κ3) is 3.23. The fourth-order valence-corrected chi connectivity index (χ4v) is 2.54. The largest absolute Gasteiger partial charge is 0.389 e. The van der Waals surface area contributed by atoms with Gasteiger partial charge in [-0.25, -0.2) is 0 Å². The zero-order valence-corrected chi connectivity index (χ0v) is 7.42. The van der Waals surface area contributed by atoms with Crippen LogP contribution in [0.2, 0.25) is 0 Å². The van der Waals surface area contributed by atoms with E-state index in [4.69, 9.17) is 5.73 Å². The van der Waals surface area contributed by atoms with E-state index >= 15 is 0 Å². The summed E-state index contributed by atoms with van der Waals surface area (Å²) in [6.07, 6.45) is -4.16. The number of hydrogen-bond acceptors (Lipinski definition) is 2. The van der Waals surface area contributed by atoms with Crippen molar-refractivity contribution in [3.8, 4) is 0 Å². The molecule has 1 heterocycles. The van der Waals surface area contributed by atoms with E-state index in [0.717, 1.165) is 5.75 Å². The molecule has 0 aliphatic carbocycles. The molecular weight excluding hydrogens is 187 g/mol. The SMILES string of the molecule is NC1CSCCC1CC(F)(F)F. The van der Waals surface area contributed by atoms with Gasteiger partial charge >= 0.3 is 6.18 Å². The maximum atomic E-state index is 12.0. The predicted octanol–water partition coefficient (Wildman–Crippen LogP) is 2.02. The number of halogens is 3. The highest BCUT2D eigenvalue weighted by molar-refractivity contribution is 7.99. The normalized spacial score (nSPS) is 32.0. The first kappa shape index (κ1) is 10.2. The van der Waals surface area contributed by atoms with E-state index < -0.39 is 12.6 Å². The Morgan fingerprint density at radius 2 is 2.08 bits per heavy atom. The number of rotatable bonds is 1. The molecule has 0 bridgehead atoms. The van der Waals surface area contributed by atoms with Crippen molar-refractivity contribution >= 4 is 11.8 Å². The van der Waals surface area contributed by atoms with E-state index in [-0.39, 0.29) is 12.0 Å². The summed E-state index contributed by atoms with van der Waals surface area (Å²) < 4.78 is 35.9. The smallest absolute Gasteiger partial charge is 0.327 e. The third-order valence-electron chi connectivity index (χ3n) is 2.04. The van der Waals surface area contributed by atoms with Crippen molar-refractivity contribution in [1.82, 2.24) is 0 Å². The third-order valence-corrected chi connectivity index (χ3v) is 3.19. The molecule has 0 spiro atoms. The summed E-state index contributed by atoms with van der Waals surface area (Å²) in [6.45, 7) is 0. The van der Waals surface area contributed by atoms with Crippen molar-refractivity contribution in [2.75, 3.05) is 11.5 Å². The van der Waals surface area contributed by atoms with Gasteiger partial charge < -0.3 is 5.73 Å². The zero-order valence-electron chi connectivity index (χ0n) is 6.60. The summed E-state index contributed by atoms with van der Waals surface area (Å²) in [6, 6.07) is -0.273. The molecule has 0 saturated carbocycles. The molecule has 1 aliphatic heterocycles. The van der Waals surface area contributed by atoms with Gasteiger partial charge in [-0.15, -0.1) is 0 Å². The number of nitrogens with two attached hydrogens (primary N) is 1. The fraction of sp³-hybridized carbons (Fsp3) is 1.00. The van der Waals surface area contributed by atoms with E-state index in [1.165, 1.54) is 0 Å². The van der Waals surface area contributed by atoms with Crippen LogP contribution in [0.3, 0.4) is 0 Å². The van der Waals surface area contributed by atoms with Crippen molar-refractivity contribution in [2.24, 2.45) is 11.7 Å². The average Bonchev–Trinajstić information content (AvgIpc) is 1.91. The van der Waals surface area contributed by atoms with E-state index in [2.05, 4.69) is 0 Å². The van der Waals surface area contributed by atoms with Crippen molar-refractivity contribution in [2.45, 2.75) is 25.1 Å². The van der Waals surface area contributed by atoms with Crippen LogP contribution in [0, 0.1) is 5.92 Å². The molecule has 1 aliphatic rings. The van der Waals surface area contributed by atoms with Gasteiger partial charge in [0.1, 0.15) is 0 Å². The fourth-order valence-electron chi connectivity index (χ4n) is 1.36. The highest BCUT2D eigenvalue weighted by Crippen LogP contribution is 2.32. The number of thioether (sulfide) groups is 1. The summed E-state index contributed by atoms with van der Waals surface area (Å²) in [7, 11) is 0. The second-order valence-corrected chi connectivity index (χ2v) is 4.26. The lowest BCUT2D eigenvalue weighted by Crippen LogP contribution is -2.38. The van der Waals surface area contributed by atoms with Crippen LogP contribution in [0.4, 0.5) is 13.2 Å². The Bertz CT molecular complexity index is 148. The molecular formula is C7H12F3NS. The average molecular weight is 199 g/mol. The summed E-state index contributed by atoms with van der Waals surface area (Å²) in [4.78, 5) is 0. The minimum Gasteiger partial charge on any atom is -0.327 e. The lowest BCUT2D eigenvalue weighted by molar-refractivity contribution is -0.145. The molecule has 1 fully saturated rings. The molecule has 2 atom stereocenters. The Morgan fingerprint density at radius 3 is 2.58 bits per heavy atom. The Balaban J connectivity index is 2.39.